The Bertz CT molecular complexity index is 550. The highest BCUT2D eigenvalue weighted by atomic mass is 35.5. The fourth-order valence-corrected chi connectivity index (χ4v) is 3.25. The van der Waals surface area contributed by atoms with Crippen LogP contribution in [-0.4, -0.2) is 66.9 Å². The average molecular weight is 326 g/mol. The molecular weight excluding hydrogens is 306 g/mol. The van der Waals surface area contributed by atoms with Gasteiger partial charge in [0.05, 0.1) is 18.8 Å². The summed E-state index contributed by atoms with van der Waals surface area (Å²) in [5, 5.41) is 8.10. The first-order valence-corrected chi connectivity index (χ1v) is 7.89. The SMILES string of the molecule is NC(=O)c1cc(Cl)nnc1N1CCC(CN2CCOCC2)C1. The molecule has 1 atom stereocenters. The van der Waals surface area contributed by atoms with Crippen LogP contribution in [0, 0.1) is 5.92 Å². The van der Waals surface area contributed by atoms with Crippen molar-refractivity contribution in [3.05, 3.63) is 16.8 Å². The van der Waals surface area contributed by atoms with E-state index >= 15 is 0 Å². The Morgan fingerprint density at radius 3 is 2.86 bits per heavy atom. The maximum atomic E-state index is 11.6. The second-order valence-electron chi connectivity index (χ2n) is 5.78. The Balaban J connectivity index is 1.66. The Morgan fingerprint density at radius 1 is 1.36 bits per heavy atom. The van der Waals surface area contributed by atoms with Gasteiger partial charge in [0.2, 0.25) is 0 Å². The summed E-state index contributed by atoms with van der Waals surface area (Å²) in [5.41, 5.74) is 5.76. The van der Waals surface area contributed by atoms with Gasteiger partial charge >= 0.3 is 0 Å². The van der Waals surface area contributed by atoms with Crippen LogP contribution in [-0.2, 0) is 4.74 Å². The third kappa shape index (κ3) is 3.48. The van der Waals surface area contributed by atoms with Gasteiger partial charge in [-0.15, -0.1) is 10.2 Å². The van der Waals surface area contributed by atoms with Crippen molar-refractivity contribution in [2.45, 2.75) is 6.42 Å². The number of amides is 1. The molecule has 0 spiro atoms. The number of aromatic nitrogens is 2. The molecule has 2 saturated heterocycles. The normalized spacial score (nSPS) is 23.0. The van der Waals surface area contributed by atoms with E-state index in [0.717, 1.165) is 52.4 Å². The summed E-state index contributed by atoms with van der Waals surface area (Å²) >= 11 is 5.81. The van der Waals surface area contributed by atoms with E-state index in [1.807, 2.05) is 0 Å². The molecule has 120 valence electrons. The minimum Gasteiger partial charge on any atom is -0.379 e. The lowest BCUT2D eigenvalue weighted by Gasteiger charge is -2.29. The summed E-state index contributed by atoms with van der Waals surface area (Å²) in [6, 6.07) is 1.49. The zero-order valence-corrected chi connectivity index (χ0v) is 13.1. The number of hydrogen-bond acceptors (Lipinski definition) is 6. The predicted molar refractivity (Wildman–Crippen MR) is 83.1 cm³/mol. The van der Waals surface area contributed by atoms with Gasteiger partial charge in [-0.3, -0.25) is 9.69 Å². The Hall–Kier alpha value is -1.44. The van der Waals surface area contributed by atoms with Crippen LogP contribution in [0.5, 0.6) is 0 Å². The van der Waals surface area contributed by atoms with Gasteiger partial charge in [-0.1, -0.05) is 11.6 Å². The quantitative estimate of drug-likeness (QED) is 0.862. The van der Waals surface area contributed by atoms with Gasteiger partial charge in [0, 0.05) is 32.7 Å². The van der Waals surface area contributed by atoms with E-state index in [-0.39, 0.29) is 5.15 Å². The van der Waals surface area contributed by atoms with Gasteiger partial charge in [-0.2, -0.15) is 0 Å². The number of primary amides is 1. The molecule has 22 heavy (non-hydrogen) atoms. The molecule has 1 aromatic rings. The molecule has 3 heterocycles. The molecule has 0 aliphatic carbocycles. The number of morpholine rings is 1. The van der Waals surface area contributed by atoms with Crippen molar-refractivity contribution in [2.75, 3.05) is 50.8 Å². The predicted octanol–water partition coefficient (Wildman–Crippen LogP) is 0.387. The van der Waals surface area contributed by atoms with E-state index < -0.39 is 5.91 Å². The summed E-state index contributed by atoms with van der Waals surface area (Å²) in [7, 11) is 0. The van der Waals surface area contributed by atoms with Crippen LogP contribution in [0.1, 0.15) is 16.8 Å². The molecule has 1 unspecified atom stereocenters. The topological polar surface area (TPSA) is 84.6 Å². The van der Waals surface area contributed by atoms with Crippen LogP contribution in [0.15, 0.2) is 6.07 Å². The van der Waals surface area contributed by atoms with Crippen molar-refractivity contribution in [2.24, 2.45) is 11.7 Å². The number of nitrogens with two attached hydrogens (primary N) is 1. The van der Waals surface area contributed by atoms with Crippen molar-refractivity contribution in [1.29, 1.82) is 0 Å². The zero-order valence-electron chi connectivity index (χ0n) is 12.4. The molecule has 7 nitrogen and oxygen atoms in total. The number of halogens is 1. The van der Waals surface area contributed by atoms with E-state index in [2.05, 4.69) is 20.0 Å². The Morgan fingerprint density at radius 2 is 2.14 bits per heavy atom. The molecule has 0 saturated carbocycles. The lowest BCUT2D eigenvalue weighted by atomic mass is 10.1. The van der Waals surface area contributed by atoms with Crippen LogP contribution in [0.2, 0.25) is 5.15 Å². The minimum absolute atomic E-state index is 0.182. The van der Waals surface area contributed by atoms with Crippen molar-refractivity contribution in [3.63, 3.8) is 0 Å². The van der Waals surface area contributed by atoms with Gasteiger partial charge in [0.1, 0.15) is 0 Å². The maximum absolute atomic E-state index is 11.6. The standard InChI is InChI=1S/C14H20ClN5O2/c15-12-7-11(13(16)21)14(18-17-12)20-2-1-10(9-20)8-19-3-5-22-6-4-19/h7,10H,1-6,8-9H2,(H2,16,21). The number of anilines is 1. The van der Waals surface area contributed by atoms with E-state index in [1.165, 1.54) is 6.07 Å². The first-order chi connectivity index (χ1) is 10.6. The molecule has 8 heteroatoms. The van der Waals surface area contributed by atoms with Crippen LogP contribution in [0.3, 0.4) is 0 Å². The van der Waals surface area contributed by atoms with Crippen molar-refractivity contribution in [3.8, 4) is 0 Å². The van der Waals surface area contributed by atoms with Crippen molar-refractivity contribution < 1.29 is 9.53 Å². The molecule has 2 aliphatic heterocycles. The van der Waals surface area contributed by atoms with Crippen LogP contribution >= 0.6 is 11.6 Å². The van der Waals surface area contributed by atoms with E-state index in [0.29, 0.717) is 17.3 Å². The summed E-state index contributed by atoms with van der Waals surface area (Å²) in [6.07, 6.45) is 1.07. The van der Waals surface area contributed by atoms with Gasteiger partial charge in [-0.25, -0.2) is 0 Å². The van der Waals surface area contributed by atoms with Gasteiger partial charge < -0.3 is 15.4 Å². The second kappa shape index (κ2) is 6.76. The molecule has 0 radical (unpaired) electrons. The molecule has 1 aromatic heterocycles. The Labute approximate surface area is 134 Å². The van der Waals surface area contributed by atoms with Crippen LogP contribution < -0.4 is 10.6 Å². The van der Waals surface area contributed by atoms with Crippen molar-refractivity contribution in [1.82, 2.24) is 15.1 Å². The number of carbonyl (C=O) groups excluding carboxylic acids is 1. The van der Waals surface area contributed by atoms with Gasteiger partial charge in [0.25, 0.3) is 5.91 Å². The third-order valence-electron chi connectivity index (χ3n) is 4.22. The summed E-state index contributed by atoms with van der Waals surface area (Å²) in [5.74, 6) is 0.570. The van der Waals surface area contributed by atoms with E-state index in [9.17, 15) is 4.79 Å². The largest absolute Gasteiger partial charge is 0.379 e. The zero-order chi connectivity index (χ0) is 15.5. The molecule has 3 rings (SSSR count). The third-order valence-corrected chi connectivity index (χ3v) is 4.40. The molecule has 2 N–H and O–H groups in total. The smallest absolute Gasteiger partial charge is 0.252 e. The Kier molecular flexibility index (Phi) is 4.75. The van der Waals surface area contributed by atoms with Crippen LogP contribution in [0.4, 0.5) is 5.82 Å². The number of carbonyl (C=O) groups is 1. The number of rotatable bonds is 4. The second-order valence-corrected chi connectivity index (χ2v) is 6.17. The van der Waals surface area contributed by atoms with Gasteiger partial charge in [0.15, 0.2) is 11.0 Å². The van der Waals surface area contributed by atoms with E-state index in [4.69, 9.17) is 22.1 Å². The van der Waals surface area contributed by atoms with Crippen LogP contribution in [0.25, 0.3) is 0 Å². The molecular formula is C14H20ClN5O2. The van der Waals surface area contributed by atoms with Gasteiger partial charge in [-0.05, 0) is 18.4 Å². The first-order valence-electron chi connectivity index (χ1n) is 7.51. The fraction of sp³-hybridized carbons (Fsp3) is 0.643. The number of nitrogens with zero attached hydrogens (tertiary/aromatic N) is 4. The highest BCUT2D eigenvalue weighted by Crippen LogP contribution is 2.26. The number of hydrogen-bond donors (Lipinski definition) is 1. The molecule has 2 fully saturated rings. The monoisotopic (exact) mass is 325 g/mol. The molecule has 2 aliphatic rings. The molecule has 1 amide bonds. The lowest BCUT2D eigenvalue weighted by Crippen LogP contribution is -2.40. The maximum Gasteiger partial charge on any atom is 0.252 e. The first kappa shape index (κ1) is 15.5. The summed E-state index contributed by atoms with van der Waals surface area (Å²) in [4.78, 5) is 16.1. The van der Waals surface area contributed by atoms with Crippen molar-refractivity contribution >= 4 is 23.3 Å². The van der Waals surface area contributed by atoms with E-state index in [1.54, 1.807) is 0 Å². The summed E-state index contributed by atoms with van der Waals surface area (Å²) in [6.45, 7) is 6.36. The minimum atomic E-state index is -0.525. The lowest BCUT2D eigenvalue weighted by molar-refractivity contribution is 0.0320. The average Bonchev–Trinajstić information content (AvgIpc) is 2.96. The summed E-state index contributed by atoms with van der Waals surface area (Å²) < 4.78 is 5.37. The fourth-order valence-electron chi connectivity index (χ4n) is 3.10. The molecule has 0 bridgehead atoms. The molecule has 0 aromatic carbocycles. The highest BCUT2D eigenvalue weighted by Gasteiger charge is 2.28. The highest BCUT2D eigenvalue weighted by molar-refractivity contribution is 6.29. The number of ether oxygens (including phenoxy) is 1.